The number of nitrogens with one attached hydrogen (secondary N) is 1. The van der Waals surface area contributed by atoms with Crippen molar-refractivity contribution in [2.45, 2.75) is 6.92 Å². The van der Waals surface area contributed by atoms with E-state index in [0.717, 1.165) is 6.07 Å². The van der Waals surface area contributed by atoms with Gasteiger partial charge in [0, 0.05) is 19.2 Å². The molecule has 1 N–H and O–H groups in total. The molecule has 12 heteroatoms. The summed E-state index contributed by atoms with van der Waals surface area (Å²) < 4.78 is 12.1. The van der Waals surface area contributed by atoms with Crippen LogP contribution < -0.4 is 14.8 Å². The normalized spacial score (nSPS) is 10.4. The number of aryl methyl sites for hydroxylation is 1. The van der Waals surface area contributed by atoms with Crippen molar-refractivity contribution in [3.63, 3.8) is 0 Å². The summed E-state index contributed by atoms with van der Waals surface area (Å²) in [4.78, 5) is 33.9. The molecule has 0 fully saturated rings. The number of aromatic nitrogens is 2. The second-order valence-corrected chi connectivity index (χ2v) is 6.34. The van der Waals surface area contributed by atoms with Crippen LogP contribution in [0.3, 0.4) is 0 Å². The van der Waals surface area contributed by atoms with Crippen molar-refractivity contribution >= 4 is 23.0 Å². The van der Waals surface area contributed by atoms with Crippen molar-refractivity contribution in [1.29, 1.82) is 0 Å². The Balaban J connectivity index is 1.97. The highest BCUT2D eigenvalue weighted by Crippen LogP contribution is 2.34. The van der Waals surface area contributed by atoms with E-state index < -0.39 is 27.1 Å². The quantitative estimate of drug-likeness (QED) is 0.443. The number of nitrogens with zero attached hydrogens (tertiary/aromatic N) is 4. The Morgan fingerprint density at radius 2 is 1.77 bits per heavy atom. The summed E-state index contributed by atoms with van der Waals surface area (Å²) in [6.07, 6.45) is 0. The van der Waals surface area contributed by atoms with Crippen LogP contribution in [0.5, 0.6) is 17.2 Å². The lowest BCUT2D eigenvalue weighted by Crippen LogP contribution is -2.14. The van der Waals surface area contributed by atoms with Gasteiger partial charge in [0.25, 0.3) is 11.6 Å². The highest BCUT2D eigenvalue weighted by atomic mass is 16.6. The van der Waals surface area contributed by atoms with E-state index in [4.69, 9.17) is 9.47 Å². The molecule has 0 aliphatic carbocycles. The van der Waals surface area contributed by atoms with Crippen LogP contribution in [0, 0.1) is 27.2 Å². The van der Waals surface area contributed by atoms with E-state index in [0.29, 0.717) is 11.5 Å². The lowest BCUT2D eigenvalue weighted by molar-refractivity contribution is -0.385. The maximum absolute atomic E-state index is 12.6. The lowest BCUT2D eigenvalue weighted by Gasteiger charge is -2.11. The van der Waals surface area contributed by atoms with Gasteiger partial charge in [-0.15, -0.1) is 0 Å². The molecule has 0 bridgehead atoms. The molecule has 0 aliphatic rings. The minimum atomic E-state index is -0.890. The molecule has 12 nitrogen and oxygen atoms in total. The summed E-state index contributed by atoms with van der Waals surface area (Å²) in [5.41, 5.74) is -1.02. The van der Waals surface area contributed by atoms with Crippen LogP contribution in [0.1, 0.15) is 16.2 Å². The Morgan fingerprint density at radius 1 is 1.10 bits per heavy atom. The predicted octanol–water partition coefficient (Wildman–Crippen LogP) is 3.60. The van der Waals surface area contributed by atoms with Crippen LogP contribution in [0.15, 0.2) is 42.5 Å². The molecule has 0 saturated carbocycles. The number of carbonyl (C=O) groups is 1. The van der Waals surface area contributed by atoms with Crippen LogP contribution in [0.25, 0.3) is 0 Å². The van der Waals surface area contributed by atoms with Crippen LogP contribution in [0.4, 0.5) is 17.1 Å². The van der Waals surface area contributed by atoms with Gasteiger partial charge >= 0.3 is 5.69 Å². The van der Waals surface area contributed by atoms with Crippen molar-refractivity contribution in [3.8, 4) is 17.2 Å². The monoisotopic (exact) mass is 427 g/mol. The van der Waals surface area contributed by atoms with Crippen LogP contribution in [-0.4, -0.2) is 32.6 Å². The molecule has 1 aromatic heterocycles. The van der Waals surface area contributed by atoms with Crippen molar-refractivity contribution in [2.24, 2.45) is 7.05 Å². The molecule has 3 aromatic rings. The SMILES string of the molecule is COc1ccccc1Oc1cc(NC(=O)c2nn(C)c(C)c2[N+](=O)[O-])cc([N+](=O)[O-])c1. The van der Waals surface area contributed by atoms with Crippen molar-refractivity contribution in [1.82, 2.24) is 9.78 Å². The summed E-state index contributed by atoms with van der Waals surface area (Å²) in [6, 6.07) is 10.3. The summed E-state index contributed by atoms with van der Waals surface area (Å²) in [6.45, 7) is 1.45. The zero-order valence-corrected chi connectivity index (χ0v) is 16.7. The third-order valence-electron chi connectivity index (χ3n) is 4.36. The summed E-state index contributed by atoms with van der Waals surface area (Å²) in [5.74, 6) is -0.127. The Hall–Kier alpha value is -4.48. The third kappa shape index (κ3) is 4.42. The van der Waals surface area contributed by atoms with Gasteiger partial charge in [-0.25, -0.2) is 0 Å². The first-order chi connectivity index (χ1) is 14.7. The van der Waals surface area contributed by atoms with Crippen LogP contribution in [0.2, 0.25) is 0 Å². The van der Waals surface area contributed by atoms with Crippen molar-refractivity contribution < 1.29 is 24.1 Å². The molecule has 0 radical (unpaired) electrons. The molecule has 0 saturated heterocycles. The second kappa shape index (κ2) is 8.49. The number of ether oxygens (including phenoxy) is 2. The first-order valence-electron chi connectivity index (χ1n) is 8.81. The van der Waals surface area contributed by atoms with Gasteiger partial charge in [0.15, 0.2) is 11.5 Å². The summed E-state index contributed by atoms with van der Waals surface area (Å²) in [5, 5.41) is 28.9. The largest absolute Gasteiger partial charge is 0.493 e. The summed E-state index contributed by atoms with van der Waals surface area (Å²) in [7, 11) is 2.91. The van der Waals surface area contributed by atoms with Crippen molar-refractivity contribution in [3.05, 3.63) is 74.1 Å². The number of non-ortho nitro benzene ring substituents is 1. The molecule has 0 aliphatic heterocycles. The number of carbonyl (C=O) groups excluding carboxylic acids is 1. The number of hydrogen-bond acceptors (Lipinski definition) is 8. The standard InChI is InChI=1S/C19H17N5O7/c1-11-18(24(28)29)17(21-22(11)2)19(25)20-12-8-13(23(26)27)10-14(9-12)31-16-7-5-4-6-15(16)30-3/h4-10H,1-3H3,(H,20,25). The van der Waals surface area contributed by atoms with Gasteiger partial charge in [-0.3, -0.25) is 29.7 Å². The number of hydrogen-bond donors (Lipinski definition) is 1. The molecule has 31 heavy (non-hydrogen) atoms. The Labute approximate surface area is 175 Å². The summed E-state index contributed by atoms with van der Waals surface area (Å²) >= 11 is 0. The highest BCUT2D eigenvalue weighted by Gasteiger charge is 2.29. The van der Waals surface area contributed by atoms with E-state index in [1.165, 1.54) is 37.9 Å². The number of para-hydroxylation sites is 2. The van der Waals surface area contributed by atoms with Gasteiger partial charge in [0.05, 0.1) is 28.7 Å². The van der Waals surface area contributed by atoms with Crippen LogP contribution >= 0.6 is 0 Å². The van der Waals surface area contributed by atoms with Crippen molar-refractivity contribution in [2.75, 3.05) is 12.4 Å². The fourth-order valence-corrected chi connectivity index (χ4v) is 2.81. The van der Waals surface area contributed by atoms with E-state index in [1.54, 1.807) is 24.3 Å². The minimum Gasteiger partial charge on any atom is -0.493 e. The first-order valence-corrected chi connectivity index (χ1v) is 8.81. The molecule has 0 spiro atoms. The van der Waals surface area contributed by atoms with E-state index >= 15 is 0 Å². The van der Waals surface area contributed by atoms with Gasteiger partial charge in [0.1, 0.15) is 11.4 Å². The number of nitro groups is 2. The fourth-order valence-electron chi connectivity index (χ4n) is 2.81. The highest BCUT2D eigenvalue weighted by molar-refractivity contribution is 6.06. The smallest absolute Gasteiger partial charge is 0.322 e. The molecule has 160 valence electrons. The molecule has 0 unspecified atom stereocenters. The molecule has 0 atom stereocenters. The lowest BCUT2D eigenvalue weighted by atomic mass is 10.2. The third-order valence-corrected chi connectivity index (χ3v) is 4.36. The number of rotatable bonds is 7. The van der Waals surface area contributed by atoms with E-state index in [1.807, 2.05) is 0 Å². The first kappa shape index (κ1) is 21.2. The molecule has 1 amide bonds. The second-order valence-electron chi connectivity index (χ2n) is 6.34. The Morgan fingerprint density at radius 3 is 2.39 bits per heavy atom. The van der Waals surface area contributed by atoms with Gasteiger partial charge in [-0.1, -0.05) is 12.1 Å². The number of nitro benzene ring substituents is 1. The maximum atomic E-state index is 12.6. The molecule has 2 aromatic carbocycles. The van der Waals surface area contributed by atoms with Gasteiger partial charge in [-0.05, 0) is 19.1 Å². The molecule has 3 rings (SSSR count). The zero-order valence-electron chi connectivity index (χ0n) is 16.7. The number of anilines is 1. The Kier molecular flexibility index (Phi) is 5.81. The van der Waals surface area contributed by atoms with E-state index in [2.05, 4.69) is 10.4 Å². The van der Waals surface area contributed by atoms with Crippen LogP contribution in [-0.2, 0) is 7.05 Å². The van der Waals surface area contributed by atoms with Gasteiger partial charge in [0.2, 0.25) is 5.69 Å². The number of methoxy groups -OCH3 is 1. The minimum absolute atomic E-state index is 0.00158. The van der Waals surface area contributed by atoms with E-state index in [9.17, 15) is 25.0 Å². The Bertz CT molecular complexity index is 1190. The topological polar surface area (TPSA) is 152 Å². The number of benzene rings is 2. The van der Waals surface area contributed by atoms with Gasteiger partial charge < -0.3 is 14.8 Å². The number of amides is 1. The zero-order chi connectivity index (χ0) is 22.7. The molecular formula is C19H17N5O7. The fraction of sp³-hybridized carbons (Fsp3) is 0.158. The maximum Gasteiger partial charge on any atom is 0.322 e. The van der Waals surface area contributed by atoms with Gasteiger partial charge in [-0.2, -0.15) is 5.10 Å². The average molecular weight is 427 g/mol. The average Bonchev–Trinajstić information content (AvgIpc) is 3.03. The molecular weight excluding hydrogens is 410 g/mol. The predicted molar refractivity (Wildman–Crippen MR) is 109 cm³/mol. The van der Waals surface area contributed by atoms with E-state index in [-0.39, 0.29) is 22.8 Å². The molecule has 1 heterocycles.